The Morgan fingerprint density at radius 1 is 1.30 bits per heavy atom. The highest BCUT2D eigenvalue weighted by atomic mass is 16.1. The molecule has 3 heteroatoms. The summed E-state index contributed by atoms with van der Waals surface area (Å²) in [6.45, 7) is 12.7. The third kappa shape index (κ3) is 6.07. The molecule has 0 bridgehead atoms. The maximum absolute atomic E-state index is 10.7. The molecule has 0 N–H and O–H groups in total. The molecule has 1 aromatic heterocycles. The van der Waals surface area contributed by atoms with Crippen LogP contribution < -0.4 is 4.90 Å². The van der Waals surface area contributed by atoms with E-state index in [9.17, 15) is 4.79 Å². The van der Waals surface area contributed by atoms with E-state index in [1.54, 1.807) is 0 Å². The van der Waals surface area contributed by atoms with E-state index in [1.165, 1.54) is 31.4 Å². The van der Waals surface area contributed by atoms with Crippen LogP contribution in [0.15, 0.2) is 36.2 Å². The molecule has 2 heterocycles. The second-order valence-corrected chi connectivity index (χ2v) is 7.60. The van der Waals surface area contributed by atoms with Gasteiger partial charge in [0.2, 0.25) is 0 Å². The van der Waals surface area contributed by atoms with Crippen LogP contribution in [0.4, 0.5) is 5.69 Å². The van der Waals surface area contributed by atoms with E-state index >= 15 is 0 Å². The van der Waals surface area contributed by atoms with Gasteiger partial charge in [0.05, 0.1) is 11.9 Å². The second kappa shape index (κ2) is 11.8. The maximum Gasteiger partial charge on any atom is 0.120 e. The van der Waals surface area contributed by atoms with Gasteiger partial charge in [-0.2, -0.15) is 0 Å². The summed E-state index contributed by atoms with van der Waals surface area (Å²) < 4.78 is 0. The van der Waals surface area contributed by atoms with E-state index in [1.807, 2.05) is 13.1 Å². The largest absolute Gasteiger partial charge is 0.370 e. The van der Waals surface area contributed by atoms with Crippen molar-refractivity contribution in [2.24, 2.45) is 11.8 Å². The summed E-state index contributed by atoms with van der Waals surface area (Å²) in [7, 11) is 0. The Balaban J connectivity index is 0.00000364. The molecule has 1 unspecified atom stereocenters. The fourth-order valence-electron chi connectivity index (χ4n) is 4.11. The molecule has 0 aromatic carbocycles. The number of aldehydes is 1. The van der Waals surface area contributed by atoms with E-state index < -0.39 is 0 Å². The minimum absolute atomic E-state index is 0. The van der Waals surface area contributed by atoms with Crippen LogP contribution in [0.25, 0.3) is 0 Å². The Labute approximate surface area is 166 Å². The number of hydrogen-bond acceptors (Lipinski definition) is 3. The van der Waals surface area contributed by atoms with E-state index in [4.69, 9.17) is 4.98 Å². The van der Waals surface area contributed by atoms with Crippen molar-refractivity contribution in [1.82, 2.24) is 4.98 Å². The van der Waals surface area contributed by atoms with Crippen LogP contribution in [0.3, 0.4) is 0 Å². The lowest BCUT2D eigenvalue weighted by Gasteiger charge is -2.45. The molecule has 1 fully saturated rings. The van der Waals surface area contributed by atoms with Crippen LogP contribution >= 0.6 is 0 Å². The molecule has 1 aromatic rings. The summed E-state index contributed by atoms with van der Waals surface area (Å²) in [6.07, 6.45) is 9.56. The fraction of sp³-hybridized carbons (Fsp3) is 0.625. The summed E-state index contributed by atoms with van der Waals surface area (Å²) in [6, 6.07) is 4.28. The number of hydrogen-bond donors (Lipinski definition) is 0. The first kappa shape index (κ1) is 23.2. The lowest BCUT2D eigenvalue weighted by Crippen LogP contribution is -2.50. The lowest BCUT2D eigenvalue weighted by atomic mass is 9.80. The topological polar surface area (TPSA) is 33.2 Å². The van der Waals surface area contributed by atoms with E-state index in [-0.39, 0.29) is 13.3 Å². The highest BCUT2D eigenvalue weighted by Crippen LogP contribution is 2.34. The van der Waals surface area contributed by atoms with Gasteiger partial charge in [-0.1, -0.05) is 53.5 Å². The van der Waals surface area contributed by atoms with Crippen LogP contribution in [0.2, 0.25) is 0 Å². The van der Waals surface area contributed by atoms with Crippen molar-refractivity contribution in [3.05, 3.63) is 41.9 Å². The number of rotatable bonds is 11. The Bertz CT molecular complexity index is 604. The smallest absolute Gasteiger partial charge is 0.120 e. The monoisotopic (exact) mass is 370 g/mol. The molecule has 1 saturated heterocycles. The Morgan fingerprint density at radius 3 is 2.44 bits per heavy atom. The number of aromatic nitrogens is 1. The zero-order chi connectivity index (χ0) is 18.9. The molecule has 150 valence electrons. The van der Waals surface area contributed by atoms with Crippen molar-refractivity contribution in [1.29, 1.82) is 0 Å². The van der Waals surface area contributed by atoms with Crippen molar-refractivity contribution in [2.45, 2.75) is 72.6 Å². The average molecular weight is 371 g/mol. The quantitative estimate of drug-likeness (QED) is 0.345. The highest BCUT2D eigenvalue weighted by Gasteiger charge is 2.32. The van der Waals surface area contributed by atoms with E-state index in [0.29, 0.717) is 6.42 Å². The predicted molar refractivity (Wildman–Crippen MR) is 116 cm³/mol. The fourth-order valence-corrected chi connectivity index (χ4v) is 4.11. The van der Waals surface area contributed by atoms with Gasteiger partial charge in [-0.15, -0.1) is 5.73 Å². The zero-order valence-corrected chi connectivity index (χ0v) is 16.7. The molecular formula is C24H38N2O. The standard InChI is InChI=1S/C23H34N2O.CH4/c1-5-9-19(10-6-2)20-16-25(17-20)21-12-13-23(24-15-21)22(11-8-14-26)18(4)7-3;/h12-15,19-20,22H,3,5-6,8-11,16-17H2,1-2,4H3;1H4. The Morgan fingerprint density at radius 2 is 1.96 bits per heavy atom. The number of carbonyl (C=O) groups excluding carboxylic acids is 1. The number of pyridine rings is 1. The molecule has 2 rings (SSSR count). The van der Waals surface area contributed by atoms with Crippen LogP contribution in [0, 0.1) is 11.8 Å². The van der Waals surface area contributed by atoms with Crippen LogP contribution in [0.1, 0.15) is 78.3 Å². The molecule has 0 radical (unpaired) electrons. The van der Waals surface area contributed by atoms with Gasteiger partial charge in [0, 0.05) is 31.1 Å². The third-order valence-electron chi connectivity index (χ3n) is 5.76. The Kier molecular flexibility index (Phi) is 10.1. The highest BCUT2D eigenvalue weighted by molar-refractivity contribution is 5.50. The van der Waals surface area contributed by atoms with Crippen molar-refractivity contribution in [2.75, 3.05) is 18.0 Å². The number of anilines is 1. The van der Waals surface area contributed by atoms with Gasteiger partial charge >= 0.3 is 0 Å². The summed E-state index contributed by atoms with van der Waals surface area (Å²) in [5, 5.41) is 0. The van der Waals surface area contributed by atoms with Crippen molar-refractivity contribution < 1.29 is 4.79 Å². The summed E-state index contributed by atoms with van der Waals surface area (Å²) in [5.41, 5.74) is 6.25. The van der Waals surface area contributed by atoms with E-state index in [2.05, 4.69) is 43.2 Å². The van der Waals surface area contributed by atoms with Gasteiger partial charge < -0.3 is 9.69 Å². The van der Waals surface area contributed by atoms with Gasteiger partial charge in [-0.3, -0.25) is 4.98 Å². The molecular weight excluding hydrogens is 332 g/mol. The molecule has 1 aliphatic rings. The maximum atomic E-state index is 10.7. The minimum atomic E-state index is 0. The number of carbonyl (C=O) groups is 1. The van der Waals surface area contributed by atoms with Crippen LogP contribution in [0.5, 0.6) is 0 Å². The first-order valence-electron chi connectivity index (χ1n) is 10.2. The Hall–Kier alpha value is -1.86. The number of nitrogens with zero attached hydrogens (tertiary/aromatic N) is 2. The third-order valence-corrected chi connectivity index (χ3v) is 5.76. The van der Waals surface area contributed by atoms with Crippen LogP contribution in [-0.4, -0.2) is 24.4 Å². The van der Waals surface area contributed by atoms with Gasteiger partial charge in [-0.05, 0) is 42.9 Å². The molecule has 0 aliphatic carbocycles. The van der Waals surface area contributed by atoms with Crippen molar-refractivity contribution in [3.63, 3.8) is 0 Å². The summed E-state index contributed by atoms with van der Waals surface area (Å²) in [5.74, 6) is 1.84. The zero-order valence-electron chi connectivity index (χ0n) is 16.7. The van der Waals surface area contributed by atoms with Gasteiger partial charge in [-0.25, -0.2) is 0 Å². The summed E-state index contributed by atoms with van der Waals surface area (Å²) >= 11 is 0. The van der Waals surface area contributed by atoms with Gasteiger partial charge in [0.1, 0.15) is 6.29 Å². The molecule has 0 spiro atoms. The predicted octanol–water partition coefficient (Wildman–Crippen LogP) is 6.16. The summed E-state index contributed by atoms with van der Waals surface area (Å²) in [4.78, 5) is 17.9. The van der Waals surface area contributed by atoms with Gasteiger partial charge in [0.15, 0.2) is 0 Å². The molecule has 27 heavy (non-hydrogen) atoms. The molecule has 0 amide bonds. The normalized spacial score (nSPS) is 14.9. The first-order valence-corrected chi connectivity index (χ1v) is 10.2. The average Bonchev–Trinajstić information content (AvgIpc) is 2.62. The molecule has 1 atom stereocenters. The first-order chi connectivity index (χ1) is 12.6. The minimum Gasteiger partial charge on any atom is -0.370 e. The second-order valence-electron chi connectivity index (χ2n) is 7.60. The van der Waals surface area contributed by atoms with E-state index in [0.717, 1.165) is 48.9 Å². The molecule has 0 saturated carbocycles. The van der Waals surface area contributed by atoms with Crippen molar-refractivity contribution in [3.8, 4) is 0 Å². The lowest BCUT2D eigenvalue weighted by molar-refractivity contribution is -0.107. The number of allylic oxidation sites excluding steroid dienone is 1. The van der Waals surface area contributed by atoms with Crippen molar-refractivity contribution >= 4 is 12.0 Å². The van der Waals surface area contributed by atoms with Crippen LogP contribution in [-0.2, 0) is 4.79 Å². The molecule has 1 aliphatic heterocycles. The SMILES string of the molecule is C.C=C=C(C)C(CCC=O)c1ccc(N2CC(C(CCC)CCC)C2)cn1. The van der Waals surface area contributed by atoms with Gasteiger partial charge in [0.25, 0.3) is 0 Å². The molecule has 3 nitrogen and oxygen atoms in total.